The molecule has 0 bridgehead atoms. The van der Waals surface area contributed by atoms with Gasteiger partial charge >= 0.3 is 0 Å². The van der Waals surface area contributed by atoms with E-state index in [1.807, 2.05) is 35.8 Å². The molecular formula is C14H18BrN3S. The van der Waals surface area contributed by atoms with E-state index in [4.69, 9.17) is 0 Å². The molecule has 2 rings (SSSR count). The van der Waals surface area contributed by atoms with Crippen LogP contribution in [0.4, 0.5) is 0 Å². The van der Waals surface area contributed by atoms with Gasteiger partial charge in [-0.1, -0.05) is 19.1 Å². The topological polar surface area (TPSA) is 29.9 Å². The molecule has 1 aromatic carbocycles. The standard InChI is InChI=1S/C14H18BrN3S/c1-3-16-13(11-8-17-18(2)9-11)10-19-14-7-5-4-6-12(14)15/h4-9,13,16H,3,10H2,1-2H3. The van der Waals surface area contributed by atoms with Crippen molar-refractivity contribution in [3.63, 3.8) is 0 Å². The average molecular weight is 340 g/mol. The Kier molecular flexibility index (Phi) is 5.48. The predicted molar refractivity (Wildman–Crippen MR) is 84.5 cm³/mol. The van der Waals surface area contributed by atoms with Gasteiger partial charge in [-0.25, -0.2) is 0 Å². The van der Waals surface area contributed by atoms with E-state index in [9.17, 15) is 0 Å². The van der Waals surface area contributed by atoms with Gasteiger partial charge in [0, 0.05) is 40.0 Å². The lowest BCUT2D eigenvalue weighted by Gasteiger charge is -2.16. The van der Waals surface area contributed by atoms with Gasteiger partial charge in [-0.05, 0) is 34.6 Å². The highest BCUT2D eigenvalue weighted by Crippen LogP contribution is 2.30. The molecular weight excluding hydrogens is 322 g/mol. The molecule has 0 fully saturated rings. The molecule has 0 radical (unpaired) electrons. The highest BCUT2D eigenvalue weighted by atomic mass is 79.9. The molecule has 1 aromatic heterocycles. The van der Waals surface area contributed by atoms with Crippen molar-refractivity contribution in [2.24, 2.45) is 7.05 Å². The Morgan fingerprint density at radius 2 is 2.21 bits per heavy atom. The Morgan fingerprint density at radius 1 is 1.42 bits per heavy atom. The quantitative estimate of drug-likeness (QED) is 0.815. The van der Waals surface area contributed by atoms with E-state index < -0.39 is 0 Å². The number of benzene rings is 1. The molecule has 102 valence electrons. The third-order valence-electron chi connectivity index (χ3n) is 2.82. The number of aryl methyl sites for hydroxylation is 1. The predicted octanol–water partition coefficient (Wildman–Crippen LogP) is 3.63. The summed E-state index contributed by atoms with van der Waals surface area (Å²) in [6, 6.07) is 8.65. The number of aromatic nitrogens is 2. The summed E-state index contributed by atoms with van der Waals surface area (Å²) in [6.45, 7) is 3.09. The van der Waals surface area contributed by atoms with Gasteiger partial charge in [-0.15, -0.1) is 11.8 Å². The maximum atomic E-state index is 4.25. The lowest BCUT2D eigenvalue weighted by molar-refractivity contribution is 0.605. The van der Waals surface area contributed by atoms with Gasteiger partial charge in [0.1, 0.15) is 0 Å². The van der Waals surface area contributed by atoms with Crippen LogP contribution in [-0.4, -0.2) is 22.1 Å². The minimum Gasteiger partial charge on any atom is -0.309 e. The number of halogens is 1. The van der Waals surface area contributed by atoms with E-state index >= 15 is 0 Å². The largest absolute Gasteiger partial charge is 0.309 e. The van der Waals surface area contributed by atoms with Crippen molar-refractivity contribution in [1.29, 1.82) is 0 Å². The summed E-state index contributed by atoms with van der Waals surface area (Å²) >= 11 is 5.44. The Labute approximate surface area is 126 Å². The van der Waals surface area contributed by atoms with E-state index in [0.29, 0.717) is 6.04 Å². The van der Waals surface area contributed by atoms with Gasteiger partial charge in [0.15, 0.2) is 0 Å². The Hall–Kier alpha value is -0.780. The number of hydrogen-bond acceptors (Lipinski definition) is 3. The molecule has 0 amide bonds. The van der Waals surface area contributed by atoms with Crippen molar-refractivity contribution >= 4 is 27.7 Å². The second-order valence-electron chi connectivity index (χ2n) is 4.30. The van der Waals surface area contributed by atoms with E-state index in [1.165, 1.54) is 10.5 Å². The van der Waals surface area contributed by atoms with Gasteiger partial charge < -0.3 is 5.32 Å². The van der Waals surface area contributed by atoms with Crippen LogP contribution in [0.15, 0.2) is 46.0 Å². The summed E-state index contributed by atoms with van der Waals surface area (Å²) in [7, 11) is 1.95. The molecule has 3 nitrogen and oxygen atoms in total. The molecule has 1 heterocycles. The van der Waals surface area contributed by atoms with Crippen molar-refractivity contribution in [1.82, 2.24) is 15.1 Å². The first kappa shape index (κ1) is 14.6. The monoisotopic (exact) mass is 339 g/mol. The van der Waals surface area contributed by atoms with Crippen LogP contribution in [-0.2, 0) is 7.05 Å². The molecule has 0 aliphatic rings. The second kappa shape index (κ2) is 7.12. The van der Waals surface area contributed by atoms with E-state index in [2.05, 4.69) is 57.7 Å². The fraction of sp³-hybridized carbons (Fsp3) is 0.357. The summed E-state index contributed by atoms with van der Waals surface area (Å²) < 4.78 is 3.00. The van der Waals surface area contributed by atoms with Gasteiger partial charge in [-0.3, -0.25) is 4.68 Å². The molecule has 0 aliphatic carbocycles. The van der Waals surface area contributed by atoms with Crippen molar-refractivity contribution in [2.45, 2.75) is 17.9 Å². The SMILES string of the molecule is CCNC(CSc1ccccc1Br)c1cnn(C)c1. The lowest BCUT2D eigenvalue weighted by atomic mass is 10.2. The summed E-state index contributed by atoms with van der Waals surface area (Å²) in [6.07, 6.45) is 4.02. The van der Waals surface area contributed by atoms with Crippen molar-refractivity contribution < 1.29 is 0 Å². The normalized spacial score (nSPS) is 12.6. The van der Waals surface area contributed by atoms with Gasteiger partial charge in [0.25, 0.3) is 0 Å². The molecule has 19 heavy (non-hydrogen) atoms. The fourth-order valence-electron chi connectivity index (χ4n) is 1.87. The third kappa shape index (κ3) is 4.09. The van der Waals surface area contributed by atoms with Crippen molar-refractivity contribution in [3.05, 3.63) is 46.7 Å². The summed E-state index contributed by atoms with van der Waals surface area (Å²) in [5.41, 5.74) is 1.24. The third-order valence-corrected chi connectivity index (χ3v) is 4.94. The molecule has 0 spiro atoms. The first-order valence-corrected chi connectivity index (χ1v) is 8.07. The number of nitrogens with one attached hydrogen (secondary N) is 1. The smallest absolute Gasteiger partial charge is 0.0537 e. The summed E-state index contributed by atoms with van der Waals surface area (Å²) in [4.78, 5) is 1.27. The molecule has 2 aromatic rings. The molecule has 0 saturated heterocycles. The summed E-state index contributed by atoms with van der Waals surface area (Å²) in [5, 5.41) is 7.76. The average Bonchev–Trinajstić information content (AvgIpc) is 2.83. The minimum atomic E-state index is 0.329. The first-order valence-electron chi connectivity index (χ1n) is 6.30. The Morgan fingerprint density at radius 3 is 2.84 bits per heavy atom. The Bertz CT molecular complexity index is 527. The molecule has 1 atom stereocenters. The zero-order chi connectivity index (χ0) is 13.7. The highest BCUT2D eigenvalue weighted by Gasteiger charge is 2.13. The molecule has 5 heteroatoms. The number of rotatable bonds is 6. The number of nitrogens with zero attached hydrogens (tertiary/aromatic N) is 2. The maximum absolute atomic E-state index is 4.25. The van der Waals surface area contributed by atoms with Gasteiger partial charge in [-0.2, -0.15) is 5.10 Å². The Balaban J connectivity index is 2.03. The minimum absolute atomic E-state index is 0.329. The zero-order valence-electron chi connectivity index (χ0n) is 11.1. The van der Waals surface area contributed by atoms with Gasteiger partial charge in [0.05, 0.1) is 6.20 Å². The second-order valence-corrected chi connectivity index (χ2v) is 6.22. The van der Waals surface area contributed by atoms with Crippen LogP contribution >= 0.6 is 27.7 Å². The number of hydrogen-bond donors (Lipinski definition) is 1. The molecule has 0 saturated carbocycles. The zero-order valence-corrected chi connectivity index (χ0v) is 13.5. The molecule has 0 aliphatic heterocycles. The lowest BCUT2D eigenvalue weighted by Crippen LogP contribution is -2.22. The van der Waals surface area contributed by atoms with Crippen LogP contribution in [0.5, 0.6) is 0 Å². The molecule has 1 unspecified atom stereocenters. The number of thioether (sulfide) groups is 1. The van der Waals surface area contributed by atoms with Crippen LogP contribution in [0.1, 0.15) is 18.5 Å². The van der Waals surface area contributed by atoms with Crippen LogP contribution < -0.4 is 5.32 Å². The van der Waals surface area contributed by atoms with Crippen molar-refractivity contribution in [2.75, 3.05) is 12.3 Å². The van der Waals surface area contributed by atoms with Crippen LogP contribution in [0, 0.1) is 0 Å². The maximum Gasteiger partial charge on any atom is 0.0537 e. The highest BCUT2D eigenvalue weighted by molar-refractivity contribution is 9.10. The van der Waals surface area contributed by atoms with E-state index in [-0.39, 0.29) is 0 Å². The van der Waals surface area contributed by atoms with E-state index in [1.54, 1.807) is 0 Å². The van der Waals surface area contributed by atoms with Crippen LogP contribution in [0.25, 0.3) is 0 Å². The van der Waals surface area contributed by atoms with Crippen LogP contribution in [0.3, 0.4) is 0 Å². The fourth-order valence-corrected chi connectivity index (χ4v) is 3.54. The van der Waals surface area contributed by atoms with Crippen molar-refractivity contribution in [3.8, 4) is 0 Å². The van der Waals surface area contributed by atoms with Crippen LogP contribution in [0.2, 0.25) is 0 Å². The molecule has 1 N–H and O–H groups in total. The van der Waals surface area contributed by atoms with Gasteiger partial charge in [0.2, 0.25) is 0 Å². The van der Waals surface area contributed by atoms with E-state index in [0.717, 1.165) is 16.8 Å². The summed E-state index contributed by atoms with van der Waals surface area (Å²) in [5.74, 6) is 0.988. The first-order chi connectivity index (χ1) is 9.20.